The quantitative estimate of drug-likeness (QED) is 0.772. The van der Waals surface area contributed by atoms with E-state index in [-0.39, 0.29) is 11.8 Å². The first kappa shape index (κ1) is 17.9. The largest absolute Gasteiger partial charge is 0.341 e. The van der Waals surface area contributed by atoms with Crippen LogP contribution < -0.4 is 0 Å². The summed E-state index contributed by atoms with van der Waals surface area (Å²) in [5.74, 6) is 1.68. The average Bonchev–Trinajstić information content (AvgIpc) is 3.12. The van der Waals surface area contributed by atoms with Crippen LogP contribution in [0.4, 0.5) is 0 Å². The monoisotopic (exact) mass is 361 g/mol. The van der Waals surface area contributed by atoms with Crippen molar-refractivity contribution in [2.24, 2.45) is 5.41 Å². The number of likely N-dealkylation sites (tertiary alicyclic amines) is 1. The van der Waals surface area contributed by atoms with Crippen molar-refractivity contribution >= 4 is 17.5 Å². The summed E-state index contributed by atoms with van der Waals surface area (Å²) in [4.78, 5) is 19.1. The molecule has 1 aliphatic rings. The van der Waals surface area contributed by atoms with E-state index in [4.69, 9.17) is 16.1 Å². The molecular weight excluding hydrogens is 338 g/mol. The molecule has 1 aliphatic heterocycles. The van der Waals surface area contributed by atoms with Crippen molar-refractivity contribution in [2.45, 2.75) is 39.5 Å². The second kappa shape index (κ2) is 7.16. The summed E-state index contributed by atoms with van der Waals surface area (Å²) >= 11 is 5.95. The lowest BCUT2D eigenvalue weighted by Gasteiger charge is -2.35. The van der Waals surface area contributed by atoms with Gasteiger partial charge in [0.05, 0.1) is 11.3 Å². The summed E-state index contributed by atoms with van der Waals surface area (Å²) in [5, 5.41) is 4.12. The molecule has 0 radical (unpaired) electrons. The Labute approximate surface area is 153 Å². The minimum atomic E-state index is -0.550. The number of hydrogen-bond acceptors (Lipinski definition) is 4. The highest BCUT2D eigenvalue weighted by atomic mass is 35.5. The number of carbonyl (C=O) groups excluding carboxylic acids is 1. The Morgan fingerprint density at radius 2 is 2.08 bits per heavy atom. The summed E-state index contributed by atoms with van der Waals surface area (Å²) in [6.07, 6.45) is 1.87. The number of carbonyl (C=O) groups is 1. The number of rotatable bonds is 4. The zero-order valence-corrected chi connectivity index (χ0v) is 15.7. The molecule has 2 aromatic rings. The SMILES string of the molecule is Cc1ccc(-c2noc(C3CCCN(C(=O)C(C)(C)CCl)C3)n2)cc1. The van der Waals surface area contributed by atoms with Crippen molar-refractivity contribution in [1.82, 2.24) is 15.0 Å². The number of amides is 1. The Morgan fingerprint density at radius 1 is 1.36 bits per heavy atom. The molecule has 2 heterocycles. The number of aromatic nitrogens is 2. The molecule has 1 unspecified atom stereocenters. The molecular formula is C19H24ClN3O2. The molecule has 1 aromatic carbocycles. The topological polar surface area (TPSA) is 59.2 Å². The predicted molar refractivity (Wildman–Crippen MR) is 97.5 cm³/mol. The lowest BCUT2D eigenvalue weighted by molar-refractivity contribution is -0.140. The van der Waals surface area contributed by atoms with Crippen LogP contribution >= 0.6 is 11.6 Å². The molecule has 3 rings (SSSR count). The Kier molecular flexibility index (Phi) is 5.13. The fourth-order valence-electron chi connectivity index (χ4n) is 3.07. The van der Waals surface area contributed by atoms with E-state index in [1.54, 1.807) is 0 Å². The van der Waals surface area contributed by atoms with Crippen LogP contribution in [0.25, 0.3) is 11.4 Å². The van der Waals surface area contributed by atoms with Crippen LogP contribution in [-0.4, -0.2) is 39.9 Å². The molecule has 6 heteroatoms. The average molecular weight is 362 g/mol. The van der Waals surface area contributed by atoms with Crippen LogP contribution in [0, 0.1) is 12.3 Å². The molecule has 5 nitrogen and oxygen atoms in total. The maximum Gasteiger partial charge on any atom is 0.231 e. The van der Waals surface area contributed by atoms with Gasteiger partial charge in [0.2, 0.25) is 17.6 Å². The Hall–Kier alpha value is -1.88. The zero-order valence-electron chi connectivity index (χ0n) is 15.0. The van der Waals surface area contributed by atoms with Crippen LogP contribution in [0.2, 0.25) is 0 Å². The van der Waals surface area contributed by atoms with Crippen molar-refractivity contribution < 1.29 is 9.32 Å². The zero-order chi connectivity index (χ0) is 18.0. The van der Waals surface area contributed by atoms with Gasteiger partial charge in [-0.25, -0.2) is 0 Å². The van der Waals surface area contributed by atoms with E-state index in [2.05, 4.69) is 10.1 Å². The third-order valence-corrected chi connectivity index (χ3v) is 5.39. The number of piperidine rings is 1. The third-order valence-electron chi connectivity index (χ3n) is 4.72. The van der Waals surface area contributed by atoms with Crippen molar-refractivity contribution in [1.29, 1.82) is 0 Å². The smallest absolute Gasteiger partial charge is 0.231 e. The summed E-state index contributed by atoms with van der Waals surface area (Å²) in [5.41, 5.74) is 1.58. The Bertz CT molecular complexity index is 739. The molecule has 0 spiro atoms. The van der Waals surface area contributed by atoms with Gasteiger partial charge in [-0.3, -0.25) is 4.79 Å². The van der Waals surface area contributed by atoms with E-state index in [0.717, 1.165) is 24.9 Å². The number of nitrogens with zero attached hydrogens (tertiary/aromatic N) is 3. The summed E-state index contributed by atoms with van der Waals surface area (Å²) in [7, 11) is 0. The van der Waals surface area contributed by atoms with Crippen molar-refractivity contribution in [3.05, 3.63) is 35.7 Å². The first-order valence-corrected chi connectivity index (χ1v) is 9.20. The van der Waals surface area contributed by atoms with Gasteiger partial charge in [0.15, 0.2) is 0 Å². The molecule has 1 amide bonds. The lowest BCUT2D eigenvalue weighted by Crippen LogP contribution is -2.46. The second-order valence-electron chi connectivity index (χ2n) is 7.43. The third kappa shape index (κ3) is 3.87. The predicted octanol–water partition coefficient (Wildman–Crippen LogP) is 4.02. The normalized spacial score (nSPS) is 18.4. The number of alkyl halides is 1. The summed E-state index contributed by atoms with van der Waals surface area (Å²) in [6.45, 7) is 7.17. The van der Waals surface area contributed by atoms with Crippen LogP contribution in [0.3, 0.4) is 0 Å². The second-order valence-corrected chi connectivity index (χ2v) is 7.70. The van der Waals surface area contributed by atoms with Crippen LogP contribution in [0.1, 0.15) is 44.1 Å². The fraction of sp³-hybridized carbons (Fsp3) is 0.526. The van der Waals surface area contributed by atoms with Gasteiger partial charge in [0.25, 0.3) is 0 Å². The van der Waals surface area contributed by atoms with E-state index >= 15 is 0 Å². The van der Waals surface area contributed by atoms with Gasteiger partial charge in [-0.05, 0) is 33.6 Å². The van der Waals surface area contributed by atoms with E-state index < -0.39 is 5.41 Å². The lowest BCUT2D eigenvalue weighted by atomic mass is 9.91. The molecule has 1 aromatic heterocycles. The minimum Gasteiger partial charge on any atom is -0.341 e. The molecule has 0 saturated carbocycles. The van der Waals surface area contributed by atoms with Crippen LogP contribution in [-0.2, 0) is 4.79 Å². The van der Waals surface area contributed by atoms with Gasteiger partial charge in [-0.1, -0.05) is 35.0 Å². The molecule has 1 saturated heterocycles. The fourth-order valence-corrected chi connectivity index (χ4v) is 3.18. The molecule has 1 fully saturated rings. The first-order valence-electron chi connectivity index (χ1n) is 8.67. The van der Waals surface area contributed by atoms with Crippen LogP contribution in [0.15, 0.2) is 28.8 Å². The molecule has 0 aliphatic carbocycles. The summed E-state index contributed by atoms with van der Waals surface area (Å²) < 4.78 is 5.50. The van der Waals surface area contributed by atoms with E-state index in [0.29, 0.717) is 24.1 Å². The van der Waals surface area contributed by atoms with E-state index in [9.17, 15) is 4.79 Å². The van der Waals surface area contributed by atoms with Crippen LogP contribution in [0.5, 0.6) is 0 Å². The Balaban J connectivity index is 1.74. The van der Waals surface area contributed by atoms with Gasteiger partial charge in [0, 0.05) is 24.5 Å². The highest BCUT2D eigenvalue weighted by Gasteiger charge is 2.35. The highest BCUT2D eigenvalue weighted by Crippen LogP contribution is 2.30. The van der Waals surface area contributed by atoms with Gasteiger partial charge in [-0.2, -0.15) is 4.98 Å². The standard InChI is InChI=1S/C19H24ClN3O2/c1-13-6-8-14(9-7-13)16-21-17(25-22-16)15-5-4-10-23(11-15)18(24)19(2,3)12-20/h6-9,15H,4-5,10-12H2,1-3H3. The highest BCUT2D eigenvalue weighted by molar-refractivity contribution is 6.19. The number of benzene rings is 1. The molecule has 134 valence electrons. The van der Waals surface area contributed by atoms with Crippen molar-refractivity contribution in [3.8, 4) is 11.4 Å². The maximum atomic E-state index is 12.7. The Morgan fingerprint density at radius 3 is 2.76 bits per heavy atom. The molecule has 0 bridgehead atoms. The van der Waals surface area contributed by atoms with Crippen molar-refractivity contribution in [3.63, 3.8) is 0 Å². The molecule has 25 heavy (non-hydrogen) atoms. The van der Waals surface area contributed by atoms with E-state index in [1.165, 1.54) is 5.56 Å². The van der Waals surface area contributed by atoms with Crippen molar-refractivity contribution in [2.75, 3.05) is 19.0 Å². The number of aryl methyl sites for hydroxylation is 1. The van der Waals surface area contributed by atoms with Gasteiger partial charge in [0.1, 0.15) is 0 Å². The molecule has 1 atom stereocenters. The van der Waals surface area contributed by atoms with Gasteiger partial charge < -0.3 is 9.42 Å². The first-order chi connectivity index (χ1) is 11.9. The minimum absolute atomic E-state index is 0.0792. The molecule has 0 N–H and O–H groups in total. The number of halogens is 1. The summed E-state index contributed by atoms with van der Waals surface area (Å²) in [6, 6.07) is 8.04. The maximum absolute atomic E-state index is 12.7. The van der Waals surface area contributed by atoms with Gasteiger partial charge >= 0.3 is 0 Å². The van der Waals surface area contributed by atoms with Gasteiger partial charge in [-0.15, -0.1) is 11.6 Å². The van der Waals surface area contributed by atoms with E-state index in [1.807, 2.05) is 49.9 Å². The number of hydrogen-bond donors (Lipinski definition) is 0.